The van der Waals surface area contributed by atoms with Crippen LogP contribution in [0.2, 0.25) is 0 Å². The van der Waals surface area contributed by atoms with Crippen molar-refractivity contribution in [3.8, 4) is 0 Å². The Labute approximate surface area is 326 Å². The predicted octanol–water partition coefficient (Wildman–Crippen LogP) is 10.2. The van der Waals surface area contributed by atoms with Crippen molar-refractivity contribution in [2.75, 3.05) is 26.4 Å². The van der Waals surface area contributed by atoms with Crippen molar-refractivity contribution < 1.29 is 42.7 Å². The number of rotatable bonds is 36. The van der Waals surface area contributed by atoms with Gasteiger partial charge in [-0.25, -0.2) is 4.57 Å². The molecule has 0 spiro atoms. The molecule has 10 nitrogen and oxygen atoms in total. The largest absolute Gasteiger partial charge is 0.472 e. The number of unbranched alkanes of at least 4 members (excludes halogenated alkanes) is 9. The van der Waals surface area contributed by atoms with Crippen molar-refractivity contribution in [2.24, 2.45) is 5.73 Å². The zero-order valence-corrected chi connectivity index (χ0v) is 34.2. The maximum atomic E-state index is 12.5. The van der Waals surface area contributed by atoms with E-state index in [1.165, 1.54) is 38.5 Å². The number of phosphoric ester groups is 1. The molecule has 0 amide bonds. The van der Waals surface area contributed by atoms with Gasteiger partial charge in [-0.15, -0.1) is 0 Å². The van der Waals surface area contributed by atoms with Gasteiger partial charge < -0.3 is 25.2 Å². The van der Waals surface area contributed by atoms with E-state index in [0.717, 1.165) is 44.9 Å². The van der Waals surface area contributed by atoms with Crippen molar-refractivity contribution >= 4 is 19.8 Å². The molecule has 0 bridgehead atoms. The van der Waals surface area contributed by atoms with Gasteiger partial charge in [-0.3, -0.25) is 18.6 Å². The molecular weight excluding hydrogens is 705 g/mol. The normalized spacial score (nSPS) is 14.8. The minimum atomic E-state index is -4.43. The molecule has 3 atom stereocenters. The van der Waals surface area contributed by atoms with Gasteiger partial charge in [-0.05, 0) is 83.5 Å². The summed E-state index contributed by atoms with van der Waals surface area (Å²) < 4.78 is 32.5. The van der Waals surface area contributed by atoms with Crippen molar-refractivity contribution in [3.63, 3.8) is 0 Å². The zero-order chi connectivity index (χ0) is 39.8. The number of hydrogen-bond acceptors (Lipinski definition) is 9. The molecule has 11 heteroatoms. The monoisotopic (exact) mass is 777 g/mol. The summed E-state index contributed by atoms with van der Waals surface area (Å²) in [6.07, 6.45) is 43.6. The topological polar surface area (TPSA) is 155 Å². The first-order valence-electron chi connectivity index (χ1n) is 20.2. The van der Waals surface area contributed by atoms with E-state index >= 15 is 0 Å². The molecule has 0 aliphatic rings. The van der Waals surface area contributed by atoms with Gasteiger partial charge in [0.25, 0.3) is 0 Å². The number of carbonyl (C=O) groups excluding carboxylic acids is 2. The van der Waals surface area contributed by atoms with Crippen LogP contribution < -0.4 is 5.73 Å². The summed E-state index contributed by atoms with van der Waals surface area (Å²) >= 11 is 0. The van der Waals surface area contributed by atoms with Crippen molar-refractivity contribution in [2.45, 2.75) is 148 Å². The number of aliphatic hydroxyl groups excluding tert-OH is 1. The Kier molecular flexibility index (Phi) is 36.4. The van der Waals surface area contributed by atoms with E-state index in [1.807, 2.05) is 18.2 Å². The molecule has 2 unspecified atom stereocenters. The molecular formula is C43H72NO9P. The third-order valence-electron chi connectivity index (χ3n) is 7.83. The van der Waals surface area contributed by atoms with Crippen LogP contribution in [0.15, 0.2) is 85.1 Å². The number of nitrogens with two attached hydrogens (primary N) is 1. The summed E-state index contributed by atoms with van der Waals surface area (Å²) in [6, 6.07) is 0. The lowest BCUT2D eigenvalue weighted by molar-refractivity contribution is -0.161. The van der Waals surface area contributed by atoms with Crippen LogP contribution in [0.5, 0.6) is 0 Å². The van der Waals surface area contributed by atoms with Crippen molar-refractivity contribution in [1.29, 1.82) is 0 Å². The van der Waals surface area contributed by atoms with Crippen LogP contribution in [-0.2, 0) is 32.7 Å². The molecule has 0 aromatic carbocycles. The minimum absolute atomic E-state index is 0.0213. The van der Waals surface area contributed by atoms with Crippen LogP contribution in [0.1, 0.15) is 136 Å². The van der Waals surface area contributed by atoms with Crippen molar-refractivity contribution in [1.82, 2.24) is 0 Å². The van der Waals surface area contributed by atoms with Crippen LogP contribution in [0.3, 0.4) is 0 Å². The summed E-state index contributed by atoms with van der Waals surface area (Å²) in [7, 11) is -4.43. The molecule has 0 saturated heterocycles. The summed E-state index contributed by atoms with van der Waals surface area (Å²) in [4.78, 5) is 34.7. The van der Waals surface area contributed by atoms with Gasteiger partial charge in [0, 0.05) is 19.4 Å². The Morgan fingerprint density at radius 1 is 0.648 bits per heavy atom. The number of carbonyl (C=O) groups is 2. The lowest BCUT2D eigenvalue weighted by atomic mass is 10.1. The maximum absolute atomic E-state index is 12.5. The van der Waals surface area contributed by atoms with E-state index in [9.17, 15) is 24.2 Å². The second-order valence-corrected chi connectivity index (χ2v) is 14.4. The zero-order valence-electron chi connectivity index (χ0n) is 33.3. The number of aliphatic hydroxyl groups is 1. The highest BCUT2D eigenvalue weighted by molar-refractivity contribution is 7.47. The van der Waals surface area contributed by atoms with E-state index in [-0.39, 0.29) is 32.6 Å². The smallest absolute Gasteiger partial charge is 0.462 e. The van der Waals surface area contributed by atoms with E-state index in [1.54, 1.807) is 12.2 Å². The van der Waals surface area contributed by atoms with Gasteiger partial charge in [0.15, 0.2) is 6.10 Å². The number of hydrogen-bond donors (Lipinski definition) is 3. The average molecular weight is 778 g/mol. The van der Waals surface area contributed by atoms with Gasteiger partial charge in [0.2, 0.25) is 0 Å². The Morgan fingerprint density at radius 3 is 1.78 bits per heavy atom. The van der Waals surface area contributed by atoms with E-state index in [0.29, 0.717) is 25.7 Å². The fourth-order valence-corrected chi connectivity index (χ4v) is 5.54. The van der Waals surface area contributed by atoms with Crippen LogP contribution in [0, 0.1) is 0 Å². The molecule has 0 aliphatic carbocycles. The molecule has 0 fully saturated rings. The van der Waals surface area contributed by atoms with E-state index in [4.69, 9.17) is 24.3 Å². The average Bonchev–Trinajstić information content (AvgIpc) is 3.15. The number of phosphoric acid groups is 1. The molecule has 0 saturated carbocycles. The highest BCUT2D eigenvalue weighted by Gasteiger charge is 2.25. The number of allylic oxidation sites excluding steroid dienone is 12. The third-order valence-corrected chi connectivity index (χ3v) is 8.82. The second-order valence-electron chi connectivity index (χ2n) is 13.0. The Morgan fingerprint density at radius 2 is 1.19 bits per heavy atom. The maximum Gasteiger partial charge on any atom is 0.472 e. The quantitative estimate of drug-likeness (QED) is 0.0184. The molecule has 0 rings (SSSR count). The van der Waals surface area contributed by atoms with Gasteiger partial charge in [0.05, 0.1) is 19.3 Å². The first-order valence-corrected chi connectivity index (χ1v) is 21.7. The Hall–Kier alpha value is -2.85. The van der Waals surface area contributed by atoms with E-state index in [2.05, 4.69) is 68.5 Å². The standard InChI is InChI=1S/C43H72NO9P/c1-3-5-7-9-11-13-14-15-16-17-18-20-22-26-30-34-42(46)50-38-41(39-52-54(48,49)51-37-36-44)53-43(47)35-31-27-23-25-29-33-40(45)32-28-24-21-19-12-10-8-6-4-2/h11-13,15-16,18-20,23-25,28-29,33,40-41,45H,3-10,14,17,21-22,26-27,30-32,34-39,44H2,1-2H3,(H,48,49)/b13-11-,16-15-,19-12-,20-18-,25-23+,28-24-,33-29-/t40?,41-/m1/s1. The van der Waals surface area contributed by atoms with Crippen LogP contribution >= 0.6 is 7.82 Å². The Balaban J connectivity index is 4.48. The molecule has 0 aliphatic heterocycles. The molecule has 4 N–H and O–H groups in total. The SMILES string of the molecule is CCCCC/C=C\C/C=C\C/C=C\CCCCC(=O)OC[C@H](COP(=O)(O)OCCN)OC(=O)CCC/C=C/C=C\C(O)C/C=C\C/C=C\CCCCC. The minimum Gasteiger partial charge on any atom is -0.462 e. The highest BCUT2D eigenvalue weighted by atomic mass is 31.2. The summed E-state index contributed by atoms with van der Waals surface area (Å²) in [5.74, 6) is -1.01. The fourth-order valence-electron chi connectivity index (χ4n) is 4.77. The molecule has 54 heavy (non-hydrogen) atoms. The van der Waals surface area contributed by atoms with Gasteiger partial charge in [-0.2, -0.15) is 0 Å². The molecule has 0 radical (unpaired) electrons. The van der Waals surface area contributed by atoms with Gasteiger partial charge in [0.1, 0.15) is 6.61 Å². The second kappa shape index (κ2) is 38.4. The lowest BCUT2D eigenvalue weighted by Crippen LogP contribution is -2.29. The van der Waals surface area contributed by atoms with Crippen LogP contribution in [0.4, 0.5) is 0 Å². The first-order chi connectivity index (χ1) is 26.2. The lowest BCUT2D eigenvalue weighted by Gasteiger charge is -2.19. The van der Waals surface area contributed by atoms with Crippen LogP contribution in [0.25, 0.3) is 0 Å². The van der Waals surface area contributed by atoms with Gasteiger partial charge in [-0.1, -0.05) is 125 Å². The van der Waals surface area contributed by atoms with Crippen molar-refractivity contribution in [3.05, 3.63) is 85.1 Å². The molecule has 0 aromatic rings. The summed E-state index contributed by atoms with van der Waals surface area (Å²) in [5.41, 5.74) is 5.32. The first kappa shape index (κ1) is 51.1. The van der Waals surface area contributed by atoms with Crippen LogP contribution in [-0.4, -0.2) is 60.5 Å². The van der Waals surface area contributed by atoms with E-state index < -0.39 is 38.6 Å². The number of ether oxygens (including phenoxy) is 2. The highest BCUT2D eigenvalue weighted by Crippen LogP contribution is 2.43. The predicted molar refractivity (Wildman–Crippen MR) is 221 cm³/mol. The molecule has 0 aromatic heterocycles. The number of esters is 2. The summed E-state index contributed by atoms with van der Waals surface area (Å²) in [6.45, 7) is 3.42. The fraction of sp³-hybridized carbons (Fsp3) is 0.628. The summed E-state index contributed by atoms with van der Waals surface area (Å²) in [5, 5.41) is 10.1. The van der Waals surface area contributed by atoms with Gasteiger partial charge >= 0.3 is 19.8 Å². The Bertz CT molecular complexity index is 1180. The third kappa shape index (κ3) is 37.5. The molecule has 308 valence electrons. The molecule has 0 heterocycles.